The Balaban J connectivity index is 2.14. The highest BCUT2D eigenvalue weighted by Crippen LogP contribution is 2.26. The molecule has 0 saturated heterocycles. The number of aromatic nitrogens is 1. The summed E-state index contributed by atoms with van der Waals surface area (Å²) < 4.78 is 5.63. The molecule has 0 unspecified atom stereocenters. The number of hydrogen-bond acceptors (Lipinski definition) is 3. The second kappa shape index (κ2) is 6.21. The number of rotatable bonds is 4. The fourth-order valence-corrected chi connectivity index (χ4v) is 1.68. The predicted molar refractivity (Wildman–Crippen MR) is 77.2 cm³/mol. The lowest BCUT2D eigenvalue weighted by atomic mass is 10.2. The van der Waals surface area contributed by atoms with Gasteiger partial charge in [-0.05, 0) is 42.3 Å². The van der Waals surface area contributed by atoms with Crippen molar-refractivity contribution in [2.75, 3.05) is 0 Å². The van der Waals surface area contributed by atoms with E-state index in [4.69, 9.17) is 21.4 Å². The van der Waals surface area contributed by atoms with Gasteiger partial charge in [-0.2, -0.15) is 0 Å². The van der Waals surface area contributed by atoms with Gasteiger partial charge >= 0.3 is 5.97 Å². The van der Waals surface area contributed by atoms with E-state index in [1.54, 1.807) is 24.3 Å². The first-order valence-electron chi connectivity index (χ1n) is 5.85. The minimum atomic E-state index is -1.00. The summed E-state index contributed by atoms with van der Waals surface area (Å²) in [5.74, 6) is 0.0570. The van der Waals surface area contributed by atoms with Crippen molar-refractivity contribution in [3.63, 3.8) is 0 Å². The molecule has 4 nitrogen and oxygen atoms in total. The number of pyridine rings is 1. The minimum absolute atomic E-state index is 0.419. The molecule has 2 aromatic rings. The van der Waals surface area contributed by atoms with E-state index in [9.17, 15) is 4.79 Å². The summed E-state index contributed by atoms with van der Waals surface area (Å²) in [5, 5.41) is 9.13. The topological polar surface area (TPSA) is 59.4 Å². The van der Waals surface area contributed by atoms with E-state index in [1.807, 2.05) is 13.0 Å². The van der Waals surface area contributed by atoms with Crippen LogP contribution in [-0.4, -0.2) is 16.1 Å². The monoisotopic (exact) mass is 289 g/mol. The van der Waals surface area contributed by atoms with Crippen molar-refractivity contribution in [3.05, 3.63) is 58.8 Å². The zero-order valence-corrected chi connectivity index (χ0v) is 11.5. The van der Waals surface area contributed by atoms with Crippen LogP contribution in [0.2, 0.25) is 5.02 Å². The normalized spacial score (nSPS) is 10.7. The quantitative estimate of drug-likeness (QED) is 0.866. The molecule has 0 bridgehead atoms. The molecule has 0 aliphatic carbocycles. The SMILES string of the molecule is Cc1ccc(Cl)cc1Oc1ccc(/C=C/C(=O)O)cn1. The van der Waals surface area contributed by atoms with Crippen molar-refractivity contribution >= 4 is 23.6 Å². The van der Waals surface area contributed by atoms with Crippen molar-refractivity contribution < 1.29 is 14.6 Å². The van der Waals surface area contributed by atoms with Crippen LogP contribution in [0.4, 0.5) is 0 Å². The number of aliphatic carboxylic acids is 1. The number of carboxylic acids is 1. The van der Waals surface area contributed by atoms with Crippen molar-refractivity contribution in [1.82, 2.24) is 4.98 Å². The van der Waals surface area contributed by atoms with Crippen molar-refractivity contribution in [1.29, 1.82) is 0 Å². The molecule has 102 valence electrons. The first kappa shape index (κ1) is 14.1. The first-order chi connectivity index (χ1) is 9.54. The second-order valence-electron chi connectivity index (χ2n) is 4.11. The molecule has 0 saturated carbocycles. The van der Waals surface area contributed by atoms with Gasteiger partial charge in [-0.15, -0.1) is 0 Å². The molecule has 0 amide bonds. The standard InChI is InChI=1S/C15H12ClNO3/c1-10-2-5-12(16)8-13(10)20-14-6-3-11(9-17-14)4-7-15(18)19/h2-9H,1H3,(H,18,19)/b7-4+. The molecule has 0 fully saturated rings. The third-order valence-corrected chi connectivity index (χ3v) is 2.78. The van der Waals surface area contributed by atoms with E-state index in [2.05, 4.69) is 4.98 Å². The van der Waals surface area contributed by atoms with Gasteiger partial charge in [0.25, 0.3) is 0 Å². The Kier molecular flexibility index (Phi) is 4.38. The summed E-state index contributed by atoms with van der Waals surface area (Å²) in [6.07, 6.45) is 4.05. The molecule has 20 heavy (non-hydrogen) atoms. The summed E-state index contributed by atoms with van der Waals surface area (Å²) in [7, 11) is 0. The highest BCUT2D eigenvalue weighted by molar-refractivity contribution is 6.30. The van der Waals surface area contributed by atoms with Crippen LogP contribution in [0.3, 0.4) is 0 Å². The Morgan fingerprint density at radius 2 is 2.15 bits per heavy atom. The second-order valence-corrected chi connectivity index (χ2v) is 4.55. The number of nitrogens with zero attached hydrogens (tertiary/aromatic N) is 1. The van der Waals surface area contributed by atoms with Crippen LogP contribution in [0.25, 0.3) is 6.08 Å². The molecule has 5 heteroatoms. The molecule has 1 aromatic carbocycles. The van der Waals surface area contributed by atoms with Gasteiger partial charge in [0.05, 0.1) is 0 Å². The number of halogens is 1. The zero-order valence-electron chi connectivity index (χ0n) is 10.7. The van der Waals surface area contributed by atoms with E-state index < -0.39 is 5.97 Å². The smallest absolute Gasteiger partial charge is 0.328 e. The molecule has 0 aliphatic rings. The van der Waals surface area contributed by atoms with Crippen LogP contribution in [0, 0.1) is 6.92 Å². The summed E-state index contributed by atoms with van der Waals surface area (Å²) >= 11 is 5.91. The largest absolute Gasteiger partial charge is 0.478 e. The number of aryl methyl sites for hydroxylation is 1. The van der Waals surface area contributed by atoms with Gasteiger partial charge in [-0.25, -0.2) is 9.78 Å². The average molecular weight is 290 g/mol. The Hall–Kier alpha value is -2.33. The zero-order chi connectivity index (χ0) is 14.5. The molecule has 2 rings (SSSR count). The number of carboxylic acid groups (broad SMARTS) is 1. The Morgan fingerprint density at radius 1 is 1.35 bits per heavy atom. The summed E-state index contributed by atoms with van der Waals surface area (Å²) in [6, 6.07) is 8.76. The molecule has 1 aromatic heterocycles. The van der Waals surface area contributed by atoms with Crippen LogP contribution in [0.1, 0.15) is 11.1 Å². The van der Waals surface area contributed by atoms with Crippen LogP contribution in [-0.2, 0) is 4.79 Å². The molecule has 0 aliphatic heterocycles. The minimum Gasteiger partial charge on any atom is -0.478 e. The maximum atomic E-state index is 10.4. The van der Waals surface area contributed by atoms with Gasteiger partial charge in [-0.1, -0.05) is 17.7 Å². The van der Waals surface area contributed by atoms with E-state index >= 15 is 0 Å². The fraction of sp³-hybridized carbons (Fsp3) is 0.0667. The van der Waals surface area contributed by atoms with Gasteiger partial charge in [0.2, 0.25) is 5.88 Å². The van der Waals surface area contributed by atoms with Gasteiger partial charge in [0.1, 0.15) is 5.75 Å². The molecule has 0 radical (unpaired) electrons. The molecule has 0 atom stereocenters. The summed E-state index contributed by atoms with van der Waals surface area (Å²) in [5.41, 5.74) is 1.63. The van der Waals surface area contributed by atoms with E-state index in [-0.39, 0.29) is 0 Å². The lowest BCUT2D eigenvalue weighted by Crippen LogP contribution is -1.91. The average Bonchev–Trinajstić information content (AvgIpc) is 2.42. The lowest BCUT2D eigenvalue weighted by molar-refractivity contribution is -0.131. The molecule has 1 heterocycles. The van der Waals surface area contributed by atoms with Gasteiger partial charge in [0, 0.05) is 23.4 Å². The molecular weight excluding hydrogens is 278 g/mol. The Labute approximate surface area is 121 Å². The van der Waals surface area contributed by atoms with Crippen molar-refractivity contribution in [3.8, 4) is 11.6 Å². The third kappa shape index (κ3) is 3.83. The number of carbonyl (C=O) groups is 1. The van der Waals surface area contributed by atoms with Gasteiger partial charge in [-0.3, -0.25) is 0 Å². The predicted octanol–water partition coefficient (Wildman–Crippen LogP) is 3.93. The Bertz CT molecular complexity index is 651. The van der Waals surface area contributed by atoms with Gasteiger partial charge in [0.15, 0.2) is 0 Å². The Morgan fingerprint density at radius 3 is 2.80 bits per heavy atom. The van der Waals surface area contributed by atoms with E-state index in [0.29, 0.717) is 22.2 Å². The summed E-state index contributed by atoms with van der Waals surface area (Å²) in [4.78, 5) is 14.5. The third-order valence-electron chi connectivity index (χ3n) is 2.54. The van der Waals surface area contributed by atoms with Crippen LogP contribution >= 0.6 is 11.6 Å². The van der Waals surface area contributed by atoms with Crippen molar-refractivity contribution in [2.45, 2.75) is 6.92 Å². The highest BCUT2D eigenvalue weighted by atomic mass is 35.5. The fourth-order valence-electron chi connectivity index (χ4n) is 1.51. The molecule has 0 spiro atoms. The number of benzene rings is 1. The highest BCUT2D eigenvalue weighted by Gasteiger charge is 2.03. The summed E-state index contributed by atoms with van der Waals surface area (Å²) in [6.45, 7) is 1.91. The van der Waals surface area contributed by atoms with E-state index in [1.165, 1.54) is 12.3 Å². The van der Waals surface area contributed by atoms with E-state index in [0.717, 1.165) is 11.6 Å². The van der Waals surface area contributed by atoms with Crippen molar-refractivity contribution in [2.24, 2.45) is 0 Å². The van der Waals surface area contributed by atoms with Crippen LogP contribution in [0.5, 0.6) is 11.6 Å². The van der Waals surface area contributed by atoms with Crippen LogP contribution < -0.4 is 4.74 Å². The number of ether oxygens (including phenoxy) is 1. The van der Waals surface area contributed by atoms with Gasteiger partial charge < -0.3 is 9.84 Å². The lowest BCUT2D eigenvalue weighted by Gasteiger charge is -2.08. The molecule has 1 N–H and O–H groups in total. The number of hydrogen-bond donors (Lipinski definition) is 1. The maximum absolute atomic E-state index is 10.4. The molecular formula is C15H12ClNO3. The van der Waals surface area contributed by atoms with Crippen LogP contribution in [0.15, 0.2) is 42.6 Å². The first-order valence-corrected chi connectivity index (χ1v) is 6.23. The maximum Gasteiger partial charge on any atom is 0.328 e.